The number of ether oxygens (including phenoxy) is 2. The largest absolute Gasteiger partial charge is 0.506 e. The molecule has 4 rings (SSSR count). The van der Waals surface area contributed by atoms with Crippen LogP contribution in [0.4, 0.5) is 4.79 Å². The first-order chi connectivity index (χ1) is 15.5. The van der Waals surface area contributed by atoms with Gasteiger partial charge in [-0.05, 0) is 61.0 Å². The fourth-order valence-electron chi connectivity index (χ4n) is 3.29. The second-order valence-electron chi connectivity index (χ2n) is 6.76. The topological polar surface area (TPSA) is 108 Å². The molecule has 0 radical (unpaired) electrons. The highest BCUT2D eigenvalue weighted by Gasteiger charge is 2.20. The highest BCUT2D eigenvalue weighted by atomic mass is 16.5. The van der Waals surface area contributed by atoms with Crippen molar-refractivity contribution >= 4 is 23.0 Å². The zero-order valence-electron chi connectivity index (χ0n) is 17.0. The van der Waals surface area contributed by atoms with E-state index in [1.807, 2.05) is 0 Å². The van der Waals surface area contributed by atoms with Gasteiger partial charge in [0.25, 0.3) is 0 Å². The zero-order valence-corrected chi connectivity index (χ0v) is 17.0. The average Bonchev–Trinajstić information content (AvgIpc) is 2.80. The van der Waals surface area contributed by atoms with Gasteiger partial charge in [0, 0.05) is 18.5 Å². The normalized spacial score (nSPS) is 10.7. The Hall–Kier alpha value is -4.46. The van der Waals surface area contributed by atoms with Crippen LogP contribution in [-0.4, -0.2) is 33.3 Å². The predicted molar refractivity (Wildman–Crippen MR) is 117 cm³/mol. The standard InChI is InChI=1S/C24H18N2O6/c1-2-31-24(30)26-19(13-21(28)18-6-3-7-20(27)22(18)26)15-8-10-17(11-9-15)32-23(29)16-5-4-12-25-14-16/h3-14,27H,2H2,1H3. The Morgan fingerprint density at radius 3 is 2.53 bits per heavy atom. The lowest BCUT2D eigenvalue weighted by Gasteiger charge is -2.16. The van der Waals surface area contributed by atoms with Crippen LogP contribution in [0.3, 0.4) is 0 Å². The smallest absolute Gasteiger partial charge is 0.419 e. The summed E-state index contributed by atoms with van der Waals surface area (Å²) in [6.45, 7) is 1.77. The molecule has 0 aliphatic heterocycles. The Balaban J connectivity index is 1.77. The molecule has 8 nitrogen and oxygen atoms in total. The number of hydrogen-bond donors (Lipinski definition) is 1. The minimum absolute atomic E-state index is 0.0560. The Morgan fingerprint density at radius 2 is 1.84 bits per heavy atom. The van der Waals surface area contributed by atoms with Crippen molar-refractivity contribution in [3.8, 4) is 22.8 Å². The lowest BCUT2D eigenvalue weighted by molar-refractivity contribution is 0.0734. The highest BCUT2D eigenvalue weighted by Crippen LogP contribution is 2.29. The Labute approximate surface area is 182 Å². The Morgan fingerprint density at radius 1 is 1.06 bits per heavy atom. The molecule has 0 bridgehead atoms. The third-order valence-corrected chi connectivity index (χ3v) is 4.72. The molecule has 2 aromatic heterocycles. The van der Waals surface area contributed by atoms with Gasteiger partial charge in [-0.25, -0.2) is 14.2 Å². The fourth-order valence-corrected chi connectivity index (χ4v) is 3.29. The number of fused-ring (bicyclic) bond motifs is 1. The van der Waals surface area contributed by atoms with E-state index in [0.29, 0.717) is 11.1 Å². The maximum atomic E-state index is 12.7. The van der Waals surface area contributed by atoms with Crippen LogP contribution in [0.25, 0.3) is 22.2 Å². The number of pyridine rings is 2. The second-order valence-corrected chi connectivity index (χ2v) is 6.76. The van der Waals surface area contributed by atoms with E-state index in [1.165, 1.54) is 30.5 Å². The lowest BCUT2D eigenvalue weighted by Crippen LogP contribution is -2.20. The molecule has 0 saturated carbocycles. The van der Waals surface area contributed by atoms with Crippen molar-refractivity contribution in [1.82, 2.24) is 9.55 Å². The number of aromatic nitrogens is 2. The van der Waals surface area contributed by atoms with E-state index in [0.717, 1.165) is 4.57 Å². The lowest BCUT2D eigenvalue weighted by atomic mass is 10.1. The predicted octanol–water partition coefficient (Wildman–Crippen LogP) is 3.99. The van der Waals surface area contributed by atoms with Gasteiger partial charge in [0.2, 0.25) is 0 Å². The molecule has 0 unspecified atom stereocenters. The van der Waals surface area contributed by atoms with Crippen molar-refractivity contribution in [2.45, 2.75) is 6.92 Å². The maximum Gasteiger partial charge on any atom is 0.419 e. The van der Waals surface area contributed by atoms with Gasteiger partial charge in [0.15, 0.2) is 5.43 Å². The molecule has 8 heteroatoms. The van der Waals surface area contributed by atoms with Crippen LogP contribution in [0, 0.1) is 0 Å². The number of phenols is 1. The summed E-state index contributed by atoms with van der Waals surface area (Å²) in [5.74, 6) is -0.516. The number of nitrogens with zero attached hydrogens (tertiary/aromatic N) is 2. The van der Waals surface area contributed by atoms with E-state index < -0.39 is 12.1 Å². The number of rotatable bonds is 4. The van der Waals surface area contributed by atoms with E-state index in [9.17, 15) is 19.5 Å². The number of para-hydroxylation sites is 1. The third kappa shape index (κ3) is 3.93. The number of phenolic OH excluding ortho intramolecular Hbond substituents is 1. The minimum atomic E-state index is -0.735. The van der Waals surface area contributed by atoms with Crippen LogP contribution in [0.1, 0.15) is 17.3 Å². The molecule has 2 heterocycles. The van der Waals surface area contributed by atoms with Gasteiger partial charge in [0.05, 0.1) is 23.3 Å². The molecule has 0 atom stereocenters. The van der Waals surface area contributed by atoms with E-state index in [-0.39, 0.29) is 40.1 Å². The van der Waals surface area contributed by atoms with Gasteiger partial charge in [-0.15, -0.1) is 0 Å². The third-order valence-electron chi connectivity index (χ3n) is 4.72. The molecule has 0 amide bonds. The summed E-state index contributed by atoms with van der Waals surface area (Å²) in [7, 11) is 0. The molecular formula is C24H18N2O6. The number of esters is 1. The summed E-state index contributed by atoms with van der Waals surface area (Å²) >= 11 is 0. The van der Waals surface area contributed by atoms with Crippen molar-refractivity contribution in [2.24, 2.45) is 0 Å². The molecule has 160 valence electrons. The summed E-state index contributed by atoms with van der Waals surface area (Å²) in [6.07, 6.45) is 2.22. The van der Waals surface area contributed by atoms with Gasteiger partial charge in [-0.2, -0.15) is 0 Å². The fraction of sp³-hybridized carbons (Fsp3) is 0.0833. The summed E-state index contributed by atoms with van der Waals surface area (Å²) in [6, 6.07) is 15.2. The number of carbonyl (C=O) groups is 2. The van der Waals surface area contributed by atoms with Crippen molar-refractivity contribution in [1.29, 1.82) is 0 Å². The molecular weight excluding hydrogens is 412 g/mol. The molecule has 0 fully saturated rings. The molecule has 0 aliphatic carbocycles. The van der Waals surface area contributed by atoms with Crippen molar-refractivity contribution < 1.29 is 24.2 Å². The van der Waals surface area contributed by atoms with Gasteiger partial charge < -0.3 is 14.6 Å². The monoisotopic (exact) mass is 430 g/mol. The highest BCUT2D eigenvalue weighted by molar-refractivity contribution is 5.96. The Kier molecular flexibility index (Phi) is 5.67. The van der Waals surface area contributed by atoms with Crippen LogP contribution < -0.4 is 10.2 Å². The maximum absolute atomic E-state index is 12.7. The van der Waals surface area contributed by atoms with Gasteiger partial charge >= 0.3 is 12.1 Å². The molecule has 0 aliphatic rings. The summed E-state index contributed by atoms with van der Waals surface area (Å²) < 4.78 is 11.7. The first-order valence-electron chi connectivity index (χ1n) is 9.77. The van der Waals surface area contributed by atoms with Crippen LogP contribution in [0.5, 0.6) is 11.5 Å². The van der Waals surface area contributed by atoms with Crippen LogP contribution in [0.15, 0.2) is 77.9 Å². The van der Waals surface area contributed by atoms with Crippen molar-refractivity contribution in [3.63, 3.8) is 0 Å². The van der Waals surface area contributed by atoms with E-state index >= 15 is 0 Å². The van der Waals surface area contributed by atoms with E-state index in [2.05, 4.69) is 4.98 Å². The molecule has 2 aromatic carbocycles. The first kappa shape index (κ1) is 20.8. The number of aromatic hydroxyl groups is 1. The number of hydrogen-bond acceptors (Lipinski definition) is 7. The van der Waals surface area contributed by atoms with Crippen LogP contribution in [-0.2, 0) is 4.74 Å². The van der Waals surface area contributed by atoms with Crippen LogP contribution >= 0.6 is 0 Å². The van der Waals surface area contributed by atoms with Gasteiger partial charge in [-0.3, -0.25) is 9.78 Å². The molecule has 32 heavy (non-hydrogen) atoms. The minimum Gasteiger partial charge on any atom is -0.506 e. The second kappa shape index (κ2) is 8.73. The van der Waals surface area contributed by atoms with Crippen molar-refractivity contribution in [2.75, 3.05) is 6.61 Å². The van der Waals surface area contributed by atoms with Crippen molar-refractivity contribution in [3.05, 3.63) is 88.8 Å². The quantitative estimate of drug-likeness (QED) is 0.385. The Bertz CT molecular complexity index is 1360. The summed E-state index contributed by atoms with van der Waals surface area (Å²) in [5.41, 5.74) is 0.714. The zero-order chi connectivity index (χ0) is 22.7. The number of benzene rings is 2. The van der Waals surface area contributed by atoms with Gasteiger partial charge in [-0.1, -0.05) is 6.07 Å². The van der Waals surface area contributed by atoms with E-state index in [1.54, 1.807) is 49.5 Å². The molecule has 0 saturated heterocycles. The SMILES string of the molecule is CCOC(=O)n1c(-c2ccc(OC(=O)c3cccnc3)cc2)cc(=O)c2cccc(O)c21. The van der Waals surface area contributed by atoms with Gasteiger partial charge in [0.1, 0.15) is 17.0 Å². The summed E-state index contributed by atoms with van der Waals surface area (Å²) in [5, 5.41) is 10.6. The van der Waals surface area contributed by atoms with Crippen LogP contribution in [0.2, 0.25) is 0 Å². The summed E-state index contributed by atoms with van der Waals surface area (Å²) in [4.78, 5) is 41.5. The number of carbonyl (C=O) groups excluding carboxylic acids is 2. The average molecular weight is 430 g/mol. The molecule has 4 aromatic rings. The molecule has 1 N–H and O–H groups in total. The molecule has 0 spiro atoms. The van der Waals surface area contributed by atoms with E-state index in [4.69, 9.17) is 9.47 Å². The first-order valence-corrected chi connectivity index (χ1v) is 9.77.